The monoisotopic (exact) mass is 479 g/mol. The second-order valence-corrected chi connectivity index (χ2v) is 9.11. The second-order valence-electron chi connectivity index (χ2n) is 8.67. The number of rotatable bonds is 6. The van der Waals surface area contributed by atoms with Gasteiger partial charge in [0.25, 0.3) is 5.91 Å². The van der Waals surface area contributed by atoms with Crippen LogP contribution in [0.15, 0.2) is 36.5 Å². The lowest BCUT2D eigenvalue weighted by atomic mass is 10.1. The molecule has 0 radical (unpaired) electrons. The van der Waals surface area contributed by atoms with E-state index in [4.69, 9.17) is 11.6 Å². The Bertz CT molecular complexity index is 956. The van der Waals surface area contributed by atoms with Crippen molar-refractivity contribution in [1.82, 2.24) is 25.0 Å². The van der Waals surface area contributed by atoms with Gasteiger partial charge in [0.2, 0.25) is 5.91 Å². The fourth-order valence-electron chi connectivity index (χ4n) is 4.37. The third-order valence-electron chi connectivity index (χ3n) is 6.09. The molecule has 0 unspecified atom stereocenters. The van der Waals surface area contributed by atoms with Crippen LogP contribution in [0.3, 0.4) is 0 Å². The van der Waals surface area contributed by atoms with Crippen LogP contribution in [-0.2, 0) is 4.79 Å². The number of carbonyl (C=O) groups excluding carboxylic acids is 2. The van der Waals surface area contributed by atoms with Crippen LogP contribution in [0.1, 0.15) is 29.9 Å². The maximum atomic E-state index is 12.7. The number of likely N-dealkylation sites (N-methyl/N-ethyl adjacent to an activating group) is 1. The van der Waals surface area contributed by atoms with Gasteiger partial charge in [-0.05, 0) is 37.7 Å². The fraction of sp³-hybridized carbons (Fsp3) is 0.478. The number of amides is 2. The van der Waals surface area contributed by atoms with Gasteiger partial charge in [0, 0.05) is 68.5 Å². The van der Waals surface area contributed by atoms with Crippen LogP contribution in [0.25, 0.3) is 11.1 Å². The van der Waals surface area contributed by atoms with Gasteiger partial charge in [-0.15, -0.1) is 12.4 Å². The molecule has 1 aromatic heterocycles. The molecule has 2 aliphatic heterocycles. The predicted molar refractivity (Wildman–Crippen MR) is 130 cm³/mol. The SMILES string of the molecule is C[C@@H](CN1CCN(C)CC1)NC(=O)C[C@H]1CNC(=O)c2cc(-c3cccc(Cl)c3)cn21.Cl. The highest BCUT2D eigenvalue weighted by Gasteiger charge is 2.28. The van der Waals surface area contributed by atoms with Crippen LogP contribution in [0.2, 0.25) is 5.02 Å². The molecule has 2 amide bonds. The van der Waals surface area contributed by atoms with Crippen LogP contribution < -0.4 is 10.6 Å². The summed E-state index contributed by atoms with van der Waals surface area (Å²) >= 11 is 6.13. The van der Waals surface area contributed by atoms with Crippen molar-refractivity contribution in [3.8, 4) is 11.1 Å². The molecule has 0 saturated carbocycles. The molecule has 2 atom stereocenters. The van der Waals surface area contributed by atoms with Crippen molar-refractivity contribution in [3.63, 3.8) is 0 Å². The van der Waals surface area contributed by atoms with Gasteiger partial charge in [0.1, 0.15) is 5.69 Å². The number of piperazine rings is 1. The first-order chi connectivity index (χ1) is 14.9. The zero-order chi connectivity index (χ0) is 22.0. The standard InChI is InChI=1S/C23H30ClN5O2.ClH/c1-16(14-28-8-6-27(2)7-9-28)26-22(30)12-20-13-25-23(31)21-11-18(15-29(20)21)17-4-3-5-19(24)10-17;/h3-5,10-11,15-16,20H,6-9,12-14H2,1-2H3,(H,25,31)(H,26,30);1H/t16-,20-;/m0./s1. The van der Waals surface area contributed by atoms with Gasteiger partial charge in [-0.2, -0.15) is 0 Å². The van der Waals surface area contributed by atoms with Gasteiger partial charge in [-0.3, -0.25) is 14.5 Å². The normalized spacial score (nSPS) is 20.1. The summed E-state index contributed by atoms with van der Waals surface area (Å²) in [4.78, 5) is 29.8. The number of fused-ring (bicyclic) bond motifs is 1. The van der Waals surface area contributed by atoms with Crippen molar-refractivity contribution in [2.45, 2.75) is 25.4 Å². The molecule has 2 aromatic rings. The number of benzene rings is 1. The molecule has 1 aromatic carbocycles. The summed E-state index contributed by atoms with van der Waals surface area (Å²) in [6, 6.07) is 9.39. The minimum Gasteiger partial charge on any atom is -0.352 e. The van der Waals surface area contributed by atoms with Gasteiger partial charge < -0.3 is 20.1 Å². The Kier molecular flexibility index (Phi) is 8.22. The van der Waals surface area contributed by atoms with Gasteiger partial charge in [-0.1, -0.05) is 23.7 Å². The third kappa shape index (κ3) is 5.84. The van der Waals surface area contributed by atoms with E-state index < -0.39 is 0 Å². The van der Waals surface area contributed by atoms with Crippen molar-refractivity contribution in [3.05, 3.63) is 47.2 Å². The van der Waals surface area contributed by atoms with Gasteiger partial charge >= 0.3 is 0 Å². The molecule has 1 saturated heterocycles. The molecule has 0 bridgehead atoms. The molecule has 32 heavy (non-hydrogen) atoms. The summed E-state index contributed by atoms with van der Waals surface area (Å²) in [5.74, 6) is -0.111. The quantitative estimate of drug-likeness (QED) is 0.667. The molecular formula is C23H31Cl2N5O2. The van der Waals surface area contributed by atoms with Crippen LogP contribution >= 0.6 is 24.0 Å². The van der Waals surface area contributed by atoms with Crippen LogP contribution in [0.4, 0.5) is 0 Å². The molecule has 0 aliphatic carbocycles. The van der Waals surface area contributed by atoms with E-state index in [9.17, 15) is 9.59 Å². The van der Waals surface area contributed by atoms with Crippen molar-refractivity contribution < 1.29 is 9.59 Å². The Morgan fingerprint density at radius 3 is 2.69 bits per heavy atom. The highest BCUT2D eigenvalue weighted by molar-refractivity contribution is 6.30. The first kappa shape index (κ1) is 24.6. The number of nitrogens with zero attached hydrogens (tertiary/aromatic N) is 3. The third-order valence-corrected chi connectivity index (χ3v) is 6.32. The highest BCUT2D eigenvalue weighted by Crippen LogP contribution is 2.29. The smallest absolute Gasteiger partial charge is 0.268 e. The number of hydrogen-bond acceptors (Lipinski definition) is 4. The lowest BCUT2D eigenvalue weighted by Crippen LogP contribution is -2.50. The molecule has 1 fully saturated rings. The molecule has 2 N–H and O–H groups in total. The van der Waals surface area contributed by atoms with E-state index in [0.717, 1.165) is 43.9 Å². The van der Waals surface area contributed by atoms with Crippen LogP contribution in [0.5, 0.6) is 0 Å². The Hall–Kier alpha value is -2.06. The van der Waals surface area contributed by atoms with Gasteiger partial charge in [-0.25, -0.2) is 0 Å². The zero-order valence-electron chi connectivity index (χ0n) is 18.5. The largest absolute Gasteiger partial charge is 0.352 e. The summed E-state index contributed by atoms with van der Waals surface area (Å²) in [5, 5.41) is 6.70. The van der Waals surface area contributed by atoms with E-state index in [2.05, 4.69) is 34.4 Å². The van der Waals surface area contributed by atoms with E-state index in [1.807, 2.05) is 41.1 Å². The molecule has 2 aliphatic rings. The summed E-state index contributed by atoms with van der Waals surface area (Å²) < 4.78 is 1.93. The topological polar surface area (TPSA) is 69.6 Å². The maximum Gasteiger partial charge on any atom is 0.268 e. The lowest BCUT2D eigenvalue weighted by molar-refractivity contribution is -0.122. The summed E-state index contributed by atoms with van der Waals surface area (Å²) in [6.07, 6.45) is 2.27. The predicted octanol–water partition coefficient (Wildman–Crippen LogP) is 2.66. The fourth-order valence-corrected chi connectivity index (χ4v) is 4.56. The minimum atomic E-state index is -0.117. The van der Waals surface area contributed by atoms with Crippen LogP contribution in [0, 0.1) is 0 Å². The zero-order valence-corrected chi connectivity index (χ0v) is 20.1. The number of halogens is 2. The van der Waals surface area contributed by atoms with E-state index in [0.29, 0.717) is 23.7 Å². The molecule has 4 rings (SSSR count). The molecule has 3 heterocycles. The highest BCUT2D eigenvalue weighted by atomic mass is 35.5. The Morgan fingerprint density at radius 2 is 1.97 bits per heavy atom. The van der Waals surface area contributed by atoms with E-state index in [-0.39, 0.29) is 36.3 Å². The van der Waals surface area contributed by atoms with Crippen molar-refractivity contribution >= 4 is 35.8 Å². The number of aromatic nitrogens is 1. The maximum absolute atomic E-state index is 12.7. The first-order valence-electron chi connectivity index (χ1n) is 10.9. The Morgan fingerprint density at radius 1 is 1.22 bits per heavy atom. The summed E-state index contributed by atoms with van der Waals surface area (Å²) in [6.45, 7) is 7.54. The molecule has 0 spiro atoms. The molecular weight excluding hydrogens is 449 g/mol. The van der Waals surface area contributed by atoms with Gasteiger partial charge in [0.05, 0.1) is 6.04 Å². The Balaban J connectivity index is 0.00000289. The van der Waals surface area contributed by atoms with Crippen molar-refractivity contribution in [2.24, 2.45) is 0 Å². The average Bonchev–Trinajstić information content (AvgIpc) is 3.18. The number of nitrogens with one attached hydrogen (secondary N) is 2. The lowest BCUT2D eigenvalue weighted by Gasteiger charge is -2.34. The van der Waals surface area contributed by atoms with E-state index in [1.54, 1.807) is 0 Å². The second kappa shape index (κ2) is 10.7. The van der Waals surface area contributed by atoms with Crippen molar-refractivity contribution in [2.75, 3.05) is 46.3 Å². The number of hydrogen-bond donors (Lipinski definition) is 2. The number of carbonyl (C=O) groups is 2. The molecule has 174 valence electrons. The summed E-state index contributed by atoms with van der Waals surface area (Å²) in [5.41, 5.74) is 2.44. The van der Waals surface area contributed by atoms with E-state index in [1.165, 1.54) is 0 Å². The van der Waals surface area contributed by atoms with E-state index >= 15 is 0 Å². The van der Waals surface area contributed by atoms with Crippen LogP contribution in [-0.4, -0.2) is 78.5 Å². The summed E-state index contributed by atoms with van der Waals surface area (Å²) in [7, 11) is 2.14. The molecule has 7 nitrogen and oxygen atoms in total. The first-order valence-corrected chi connectivity index (χ1v) is 11.2. The van der Waals surface area contributed by atoms with Gasteiger partial charge in [0.15, 0.2) is 0 Å². The minimum absolute atomic E-state index is 0. The average molecular weight is 480 g/mol. The van der Waals surface area contributed by atoms with Crippen molar-refractivity contribution in [1.29, 1.82) is 0 Å². The molecule has 9 heteroatoms. The Labute approximate surface area is 200 Å².